The molecule has 2 bridgehead atoms. The summed E-state index contributed by atoms with van der Waals surface area (Å²) in [6.07, 6.45) is 26.7. The van der Waals surface area contributed by atoms with Crippen molar-refractivity contribution in [2.24, 2.45) is 0 Å². The number of pyridine rings is 2. The molecule has 244 valence electrons. The summed E-state index contributed by atoms with van der Waals surface area (Å²) in [5.74, 6) is 0. The Hall–Kier alpha value is -6.32. The molecule has 0 fully saturated rings. The van der Waals surface area contributed by atoms with E-state index in [1.807, 2.05) is 67.9 Å². The summed E-state index contributed by atoms with van der Waals surface area (Å²) in [4.78, 5) is 11.5. The zero-order valence-electron chi connectivity index (χ0n) is 28.9. The van der Waals surface area contributed by atoms with Gasteiger partial charge >= 0.3 is 0 Å². The summed E-state index contributed by atoms with van der Waals surface area (Å²) in [6, 6.07) is 36.0. The van der Waals surface area contributed by atoms with Crippen LogP contribution in [-0.4, -0.2) is 9.97 Å². The van der Waals surface area contributed by atoms with Gasteiger partial charge in [-0.2, -0.15) is 0 Å². The second-order valence-electron chi connectivity index (χ2n) is 11.8. The van der Waals surface area contributed by atoms with Gasteiger partial charge in [0.1, 0.15) is 0 Å². The molecular weight excluding hydrogens is 607 g/mol. The first-order valence-electron chi connectivity index (χ1n) is 16.9. The largest absolute Gasteiger partial charge is 0.311 e. The Bertz CT molecular complexity index is 2170. The van der Waals surface area contributed by atoms with Gasteiger partial charge in [-0.1, -0.05) is 116 Å². The van der Waals surface area contributed by atoms with Crippen molar-refractivity contribution in [3.05, 3.63) is 222 Å². The Kier molecular flexibility index (Phi) is 10.9. The minimum absolute atomic E-state index is 0.872. The average Bonchev–Trinajstić information content (AvgIpc) is 3.19. The van der Waals surface area contributed by atoms with Crippen LogP contribution in [0, 0.1) is 6.92 Å². The first-order chi connectivity index (χ1) is 24.6. The topological polar surface area (TPSA) is 29.0 Å². The van der Waals surface area contributed by atoms with Crippen LogP contribution in [0.4, 0.5) is 5.69 Å². The molecule has 2 heterocycles. The number of aromatic nitrogens is 2. The second-order valence-corrected chi connectivity index (χ2v) is 11.8. The molecule has 6 rings (SSSR count). The second kappa shape index (κ2) is 16.2. The Morgan fingerprint density at radius 1 is 0.700 bits per heavy atom. The van der Waals surface area contributed by atoms with Crippen LogP contribution in [0.5, 0.6) is 0 Å². The average molecular weight is 648 g/mol. The fraction of sp³-hybridized carbons (Fsp3) is 0.0638. The van der Waals surface area contributed by atoms with E-state index < -0.39 is 0 Å². The third kappa shape index (κ3) is 7.53. The van der Waals surface area contributed by atoms with E-state index in [9.17, 15) is 0 Å². The van der Waals surface area contributed by atoms with Crippen molar-refractivity contribution < 1.29 is 0 Å². The van der Waals surface area contributed by atoms with Crippen LogP contribution in [0.25, 0.3) is 34.4 Å². The monoisotopic (exact) mass is 647 g/mol. The minimum atomic E-state index is 0.872. The molecule has 0 aliphatic heterocycles. The fourth-order valence-electron chi connectivity index (χ4n) is 6.23. The van der Waals surface area contributed by atoms with E-state index >= 15 is 0 Å². The first-order valence-corrected chi connectivity index (χ1v) is 16.9. The quantitative estimate of drug-likeness (QED) is 0.141. The van der Waals surface area contributed by atoms with Crippen LogP contribution in [0.15, 0.2) is 188 Å². The molecule has 0 radical (unpaired) electrons. The fourth-order valence-corrected chi connectivity index (χ4v) is 6.23. The highest BCUT2D eigenvalue weighted by atomic mass is 15.1. The summed E-state index contributed by atoms with van der Waals surface area (Å²) in [6.45, 7) is 10.3. The third-order valence-corrected chi connectivity index (χ3v) is 8.75. The van der Waals surface area contributed by atoms with E-state index in [1.54, 1.807) is 6.08 Å². The Labute approximate surface area is 296 Å². The van der Waals surface area contributed by atoms with Crippen LogP contribution in [0.1, 0.15) is 47.5 Å². The lowest BCUT2D eigenvalue weighted by Crippen LogP contribution is -2.20. The lowest BCUT2D eigenvalue weighted by molar-refractivity contribution is 1.13. The van der Waals surface area contributed by atoms with E-state index in [4.69, 9.17) is 0 Å². The molecular formula is C47H41N3. The van der Waals surface area contributed by atoms with Gasteiger partial charge in [-0.3, -0.25) is 9.97 Å². The predicted molar refractivity (Wildman–Crippen MR) is 214 cm³/mol. The maximum absolute atomic E-state index is 4.66. The summed E-state index contributed by atoms with van der Waals surface area (Å²) in [5, 5.41) is 0. The normalized spacial score (nSPS) is 15.1. The van der Waals surface area contributed by atoms with Crippen LogP contribution in [0.2, 0.25) is 0 Å². The number of allylic oxidation sites excluding steroid dienone is 10. The number of hydrogen-bond acceptors (Lipinski definition) is 3. The molecule has 0 saturated carbocycles. The zero-order valence-corrected chi connectivity index (χ0v) is 28.9. The van der Waals surface area contributed by atoms with Crippen molar-refractivity contribution in [3.8, 4) is 11.1 Å². The molecule has 50 heavy (non-hydrogen) atoms. The van der Waals surface area contributed by atoms with Crippen LogP contribution in [-0.2, 0) is 0 Å². The molecule has 0 unspecified atom stereocenters. The third-order valence-electron chi connectivity index (χ3n) is 8.75. The van der Waals surface area contributed by atoms with Crippen LogP contribution >= 0.6 is 0 Å². The van der Waals surface area contributed by atoms with Crippen LogP contribution in [0.3, 0.4) is 0 Å². The van der Waals surface area contributed by atoms with Gasteiger partial charge in [-0.15, -0.1) is 0 Å². The van der Waals surface area contributed by atoms with E-state index in [0.717, 1.165) is 39.6 Å². The van der Waals surface area contributed by atoms with Gasteiger partial charge in [-0.05, 0) is 126 Å². The van der Waals surface area contributed by atoms with E-state index in [-0.39, 0.29) is 0 Å². The van der Waals surface area contributed by atoms with E-state index in [0.29, 0.717) is 0 Å². The van der Waals surface area contributed by atoms with Crippen LogP contribution < -0.4 is 4.90 Å². The van der Waals surface area contributed by atoms with Gasteiger partial charge in [-0.25, -0.2) is 0 Å². The van der Waals surface area contributed by atoms with Crippen molar-refractivity contribution >= 4 is 29.0 Å². The molecule has 0 atom stereocenters. The smallest absolute Gasteiger partial charge is 0.0699 e. The highest BCUT2D eigenvalue weighted by molar-refractivity contribution is 5.90. The van der Waals surface area contributed by atoms with Crippen molar-refractivity contribution in [3.63, 3.8) is 0 Å². The lowest BCUT2D eigenvalue weighted by Gasteiger charge is -2.28. The molecule has 5 aromatic rings. The van der Waals surface area contributed by atoms with Gasteiger partial charge in [0.25, 0.3) is 0 Å². The number of fused-ring (bicyclic) bond motifs is 4. The van der Waals surface area contributed by atoms with E-state index in [2.05, 4.69) is 151 Å². The number of nitrogens with zero attached hydrogens (tertiary/aromatic N) is 3. The molecule has 0 N–H and O–H groups in total. The summed E-state index contributed by atoms with van der Waals surface area (Å²) < 4.78 is 0. The summed E-state index contributed by atoms with van der Waals surface area (Å²) in [7, 11) is 0. The highest BCUT2D eigenvalue weighted by Gasteiger charge is 2.18. The molecule has 1 aliphatic rings. The molecule has 0 spiro atoms. The number of hydrogen-bond donors (Lipinski definition) is 0. The zero-order chi connectivity index (χ0) is 34.7. The van der Waals surface area contributed by atoms with Crippen molar-refractivity contribution in [2.75, 3.05) is 4.90 Å². The number of rotatable bonds is 10. The molecule has 3 heteroatoms. The SMILES string of the molecule is C=C/C=C\C(=C/C)N(C(/C=C/c1ccccn1)=C/C(=C\C)c1ccccn1)c1ccc(/C2=C/C=C/c3ccccc3-c3cccc2c3C)cc1. The van der Waals surface area contributed by atoms with Crippen molar-refractivity contribution in [1.29, 1.82) is 0 Å². The van der Waals surface area contributed by atoms with Crippen molar-refractivity contribution in [1.82, 2.24) is 9.97 Å². The summed E-state index contributed by atoms with van der Waals surface area (Å²) >= 11 is 0. The molecule has 0 amide bonds. The van der Waals surface area contributed by atoms with Gasteiger partial charge in [0.2, 0.25) is 0 Å². The van der Waals surface area contributed by atoms with Gasteiger partial charge in [0.05, 0.1) is 11.4 Å². The number of benzene rings is 3. The Balaban J connectivity index is 1.48. The maximum Gasteiger partial charge on any atom is 0.0699 e. The Morgan fingerprint density at radius 2 is 1.44 bits per heavy atom. The molecule has 3 nitrogen and oxygen atoms in total. The Morgan fingerprint density at radius 3 is 2.16 bits per heavy atom. The highest BCUT2D eigenvalue weighted by Crippen LogP contribution is 2.37. The predicted octanol–water partition coefficient (Wildman–Crippen LogP) is 12.1. The molecule has 0 saturated heterocycles. The molecule has 2 aromatic heterocycles. The van der Waals surface area contributed by atoms with Gasteiger partial charge in [0, 0.05) is 29.5 Å². The van der Waals surface area contributed by atoms with Crippen molar-refractivity contribution in [2.45, 2.75) is 20.8 Å². The number of anilines is 1. The summed E-state index contributed by atoms with van der Waals surface area (Å²) in [5.41, 5.74) is 14.3. The standard InChI is InChI=1S/C47H41N3/c1-5-8-20-40(7-3)50(42(31-28-39-19-11-13-32-48-39)34-36(6-2)47-25-12-14-33-49-47)41-29-26-38(27-30-41)46-24-15-18-37-17-9-10-21-45(37)43-22-16-23-44(46)35(43)4/h5-34H,1H2,2-4H3/b18-15+,20-8-,31-28+,36-6+,40-7+,42-34+,46-24-. The maximum atomic E-state index is 4.66. The molecule has 1 aliphatic carbocycles. The first kappa shape index (κ1) is 33.6. The lowest BCUT2D eigenvalue weighted by atomic mass is 9.89. The van der Waals surface area contributed by atoms with Gasteiger partial charge < -0.3 is 4.90 Å². The van der Waals surface area contributed by atoms with Gasteiger partial charge in [0.15, 0.2) is 0 Å². The molecule has 3 aromatic carbocycles. The van der Waals surface area contributed by atoms with E-state index in [1.165, 1.54) is 33.4 Å². The minimum Gasteiger partial charge on any atom is -0.311 e.